The van der Waals surface area contributed by atoms with Crippen molar-refractivity contribution in [1.29, 1.82) is 0 Å². The summed E-state index contributed by atoms with van der Waals surface area (Å²) in [6, 6.07) is 16.7. The Bertz CT molecular complexity index is 862. The molecule has 0 spiro atoms. The second-order valence-corrected chi connectivity index (χ2v) is 4.78. The minimum atomic E-state index is -0.145. The lowest BCUT2D eigenvalue weighted by atomic mass is 10.2. The molecule has 3 rings (SSSR count). The maximum Gasteiger partial charge on any atom is 0.244 e. The average Bonchev–Trinajstić information content (AvgIpc) is 2.87. The second kappa shape index (κ2) is 6.08. The molecule has 1 N–H and O–H groups in total. The van der Waals surface area contributed by atoms with Crippen LogP contribution in [-0.4, -0.2) is 16.6 Å². The third-order valence-corrected chi connectivity index (χ3v) is 3.31. The molecular formula is C17H13N3O2. The zero-order chi connectivity index (χ0) is 15.4. The molecule has 1 amide bonds. The summed E-state index contributed by atoms with van der Waals surface area (Å²) < 4.78 is 1.77. The van der Waals surface area contributed by atoms with Gasteiger partial charge in [-0.15, -0.1) is 0 Å². The molecule has 0 radical (unpaired) electrons. The van der Waals surface area contributed by atoms with Gasteiger partial charge in [-0.3, -0.25) is 4.79 Å². The molecule has 0 aliphatic heterocycles. The molecule has 0 saturated heterocycles. The van der Waals surface area contributed by atoms with E-state index in [1.165, 1.54) is 0 Å². The zero-order valence-electron chi connectivity index (χ0n) is 11.7. The summed E-state index contributed by atoms with van der Waals surface area (Å²) in [5.41, 5.74) is 2.10. The van der Waals surface area contributed by atoms with Gasteiger partial charge in [-0.05, 0) is 18.2 Å². The summed E-state index contributed by atoms with van der Waals surface area (Å²) in [6.07, 6.45) is 3.22. The Morgan fingerprint density at radius 2 is 1.82 bits per heavy atom. The van der Waals surface area contributed by atoms with Crippen LogP contribution in [0.5, 0.6) is 0 Å². The first-order valence-corrected chi connectivity index (χ1v) is 6.78. The van der Waals surface area contributed by atoms with Crippen molar-refractivity contribution in [2.45, 2.75) is 6.54 Å². The van der Waals surface area contributed by atoms with Crippen LogP contribution in [0.15, 0.2) is 65.8 Å². The molecule has 0 aliphatic rings. The number of amides is 1. The summed E-state index contributed by atoms with van der Waals surface area (Å²) >= 11 is 0. The van der Waals surface area contributed by atoms with Gasteiger partial charge in [0.2, 0.25) is 12.0 Å². The van der Waals surface area contributed by atoms with Crippen LogP contribution in [0.2, 0.25) is 0 Å². The third-order valence-electron chi connectivity index (χ3n) is 3.31. The summed E-state index contributed by atoms with van der Waals surface area (Å²) in [4.78, 5) is 26.4. The molecule has 0 unspecified atom stereocenters. The quantitative estimate of drug-likeness (QED) is 0.592. The number of fused-ring (bicyclic) bond motifs is 1. The van der Waals surface area contributed by atoms with E-state index >= 15 is 0 Å². The SMILES string of the molecule is O=C=Nc1cn(CC(=O)Nc2ccccc2)c2ccccc12. The Kier molecular flexibility index (Phi) is 3.81. The largest absolute Gasteiger partial charge is 0.336 e. The predicted octanol–water partition coefficient (Wildman–Crippen LogP) is 3.25. The number of rotatable bonds is 4. The Balaban J connectivity index is 1.87. The number of aromatic nitrogens is 1. The van der Waals surface area contributed by atoms with Gasteiger partial charge in [0, 0.05) is 17.3 Å². The number of carbonyl (C=O) groups excluding carboxylic acids is 2. The third kappa shape index (κ3) is 2.80. The average molecular weight is 291 g/mol. The highest BCUT2D eigenvalue weighted by Gasteiger charge is 2.10. The van der Waals surface area contributed by atoms with Crippen LogP contribution in [0.4, 0.5) is 11.4 Å². The maximum absolute atomic E-state index is 12.2. The number of hydrogen-bond acceptors (Lipinski definition) is 3. The van der Waals surface area contributed by atoms with E-state index in [0.717, 1.165) is 16.6 Å². The minimum Gasteiger partial charge on any atom is -0.336 e. The summed E-state index contributed by atoms with van der Waals surface area (Å²) in [5.74, 6) is -0.145. The van der Waals surface area contributed by atoms with Gasteiger partial charge in [0.1, 0.15) is 12.2 Å². The van der Waals surface area contributed by atoms with E-state index in [0.29, 0.717) is 5.69 Å². The molecule has 5 heteroatoms. The summed E-state index contributed by atoms with van der Waals surface area (Å²) in [6.45, 7) is 0.143. The number of aliphatic imine (C=N–C) groups is 1. The van der Waals surface area contributed by atoms with E-state index < -0.39 is 0 Å². The van der Waals surface area contributed by atoms with Crippen molar-refractivity contribution >= 4 is 34.3 Å². The molecule has 2 aromatic carbocycles. The fourth-order valence-electron chi connectivity index (χ4n) is 2.37. The van der Waals surface area contributed by atoms with E-state index in [-0.39, 0.29) is 12.5 Å². The highest BCUT2D eigenvalue weighted by atomic mass is 16.2. The molecule has 0 aliphatic carbocycles. The van der Waals surface area contributed by atoms with Gasteiger partial charge in [-0.25, -0.2) is 4.79 Å². The molecule has 1 aromatic heterocycles. The molecule has 0 saturated carbocycles. The lowest BCUT2D eigenvalue weighted by Gasteiger charge is -2.07. The number of nitrogens with zero attached hydrogens (tertiary/aromatic N) is 2. The van der Waals surface area contributed by atoms with Crippen molar-refractivity contribution in [1.82, 2.24) is 4.57 Å². The van der Waals surface area contributed by atoms with Gasteiger partial charge in [0.05, 0.1) is 5.52 Å². The van der Waals surface area contributed by atoms with Gasteiger partial charge in [0.15, 0.2) is 0 Å². The number of anilines is 1. The minimum absolute atomic E-state index is 0.143. The zero-order valence-corrected chi connectivity index (χ0v) is 11.7. The van der Waals surface area contributed by atoms with E-state index in [1.54, 1.807) is 16.8 Å². The van der Waals surface area contributed by atoms with Crippen LogP contribution in [0, 0.1) is 0 Å². The molecule has 5 nitrogen and oxygen atoms in total. The lowest BCUT2D eigenvalue weighted by Crippen LogP contribution is -2.18. The number of nitrogens with one attached hydrogen (secondary N) is 1. The Labute approximate surface area is 126 Å². The molecule has 0 atom stereocenters. The fourth-order valence-corrected chi connectivity index (χ4v) is 2.37. The second-order valence-electron chi connectivity index (χ2n) is 4.78. The topological polar surface area (TPSA) is 63.5 Å². The van der Waals surface area contributed by atoms with E-state index in [4.69, 9.17) is 0 Å². The van der Waals surface area contributed by atoms with Crippen LogP contribution in [-0.2, 0) is 16.1 Å². The molecule has 0 bridgehead atoms. The first-order chi connectivity index (χ1) is 10.8. The molecule has 22 heavy (non-hydrogen) atoms. The van der Waals surface area contributed by atoms with Crippen molar-refractivity contribution in [2.24, 2.45) is 4.99 Å². The predicted molar refractivity (Wildman–Crippen MR) is 84.8 cm³/mol. The van der Waals surface area contributed by atoms with Crippen LogP contribution in [0.3, 0.4) is 0 Å². The van der Waals surface area contributed by atoms with Gasteiger partial charge in [-0.1, -0.05) is 36.4 Å². The number of benzene rings is 2. The fraction of sp³-hybridized carbons (Fsp3) is 0.0588. The molecular weight excluding hydrogens is 278 g/mol. The van der Waals surface area contributed by atoms with Gasteiger partial charge in [-0.2, -0.15) is 4.99 Å². The van der Waals surface area contributed by atoms with Gasteiger partial charge < -0.3 is 9.88 Å². The Morgan fingerprint density at radius 1 is 1.09 bits per heavy atom. The van der Waals surface area contributed by atoms with Gasteiger partial charge in [0.25, 0.3) is 0 Å². The number of carbonyl (C=O) groups is 1. The Morgan fingerprint density at radius 3 is 2.59 bits per heavy atom. The first kappa shape index (κ1) is 13.8. The molecule has 3 aromatic rings. The van der Waals surface area contributed by atoms with Crippen LogP contribution < -0.4 is 5.32 Å². The number of para-hydroxylation sites is 2. The highest BCUT2D eigenvalue weighted by molar-refractivity contribution is 5.95. The van der Waals surface area contributed by atoms with Crippen molar-refractivity contribution < 1.29 is 9.59 Å². The van der Waals surface area contributed by atoms with Crippen LogP contribution >= 0.6 is 0 Å². The molecule has 0 fully saturated rings. The smallest absolute Gasteiger partial charge is 0.244 e. The normalized spacial score (nSPS) is 10.2. The van der Waals surface area contributed by atoms with Crippen molar-refractivity contribution in [3.8, 4) is 0 Å². The van der Waals surface area contributed by atoms with Gasteiger partial charge >= 0.3 is 0 Å². The molecule has 1 heterocycles. The van der Waals surface area contributed by atoms with Crippen LogP contribution in [0.1, 0.15) is 0 Å². The van der Waals surface area contributed by atoms with Crippen molar-refractivity contribution in [3.63, 3.8) is 0 Å². The van der Waals surface area contributed by atoms with Crippen molar-refractivity contribution in [2.75, 3.05) is 5.32 Å². The van der Waals surface area contributed by atoms with Crippen LogP contribution in [0.25, 0.3) is 10.9 Å². The Hall–Kier alpha value is -3.17. The summed E-state index contributed by atoms with van der Waals surface area (Å²) in [5, 5.41) is 3.65. The van der Waals surface area contributed by atoms with E-state index in [2.05, 4.69) is 10.3 Å². The monoisotopic (exact) mass is 291 g/mol. The maximum atomic E-state index is 12.2. The number of isocyanates is 1. The van der Waals surface area contributed by atoms with E-state index in [9.17, 15) is 9.59 Å². The van der Waals surface area contributed by atoms with Crippen molar-refractivity contribution in [3.05, 3.63) is 60.8 Å². The first-order valence-electron chi connectivity index (χ1n) is 6.78. The standard InChI is InChI=1S/C17H13N3O2/c21-12-18-15-10-20(16-9-5-4-8-14(15)16)11-17(22)19-13-6-2-1-3-7-13/h1-10H,11H2,(H,19,22). The molecule has 108 valence electrons. The highest BCUT2D eigenvalue weighted by Crippen LogP contribution is 2.27. The lowest BCUT2D eigenvalue weighted by molar-refractivity contribution is -0.116. The number of hydrogen-bond donors (Lipinski definition) is 1. The van der Waals surface area contributed by atoms with E-state index in [1.807, 2.05) is 54.6 Å². The summed E-state index contributed by atoms with van der Waals surface area (Å²) in [7, 11) is 0.